The lowest BCUT2D eigenvalue weighted by Gasteiger charge is -2.27. The van der Waals surface area contributed by atoms with E-state index in [1.165, 1.54) is 12.1 Å². The van der Waals surface area contributed by atoms with Crippen LogP contribution in [0.3, 0.4) is 0 Å². The monoisotopic (exact) mass is 268 g/mol. The zero-order chi connectivity index (χ0) is 14.4. The molecule has 0 bridgehead atoms. The van der Waals surface area contributed by atoms with E-state index in [4.69, 9.17) is 0 Å². The van der Waals surface area contributed by atoms with E-state index in [2.05, 4.69) is 13.8 Å². The number of anilines is 1. The van der Waals surface area contributed by atoms with Gasteiger partial charge in [0, 0.05) is 24.8 Å². The highest BCUT2D eigenvalue weighted by Gasteiger charge is 2.15. The third-order valence-electron chi connectivity index (χ3n) is 3.46. The molecule has 1 aromatic carbocycles. The molecular weight excluding hydrogens is 247 g/mol. The van der Waals surface area contributed by atoms with Crippen molar-refractivity contribution >= 4 is 11.4 Å². The molecule has 0 N–H and O–H groups in total. The topological polar surface area (TPSA) is 46.4 Å². The van der Waals surface area contributed by atoms with Crippen molar-refractivity contribution in [3.8, 4) is 0 Å². The number of rotatable bonds is 7. The SMILES string of the molecule is CCC(CC)CN(CC)c1cc(F)cc([N+](=O)[O-])c1. The lowest BCUT2D eigenvalue weighted by molar-refractivity contribution is -0.385. The Hall–Kier alpha value is -1.65. The molecule has 1 rings (SSSR count). The number of nitro groups is 1. The Labute approximate surface area is 113 Å². The Morgan fingerprint density at radius 2 is 1.89 bits per heavy atom. The molecule has 0 aliphatic carbocycles. The average Bonchev–Trinajstić information content (AvgIpc) is 2.39. The number of nitrogens with zero attached hydrogens (tertiary/aromatic N) is 2. The first-order chi connectivity index (χ1) is 9.01. The molecule has 1 aromatic rings. The molecule has 5 heteroatoms. The average molecular weight is 268 g/mol. The van der Waals surface area contributed by atoms with Gasteiger partial charge < -0.3 is 4.90 Å². The van der Waals surface area contributed by atoms with Crippen LogP contribution in [0.25, 0.3) is 0 Å². The van der Waals surface area contributed by atoms with Gasteiger partial charge in [0.2, 0.25) is 0 Å². The van der Waals surface area contributed by atoms with Crippen LogP contribution in [0.5, 0.6) is 0 Å². The van der Waals surface area contributed by atoms with Crippen molar-refractivity contribution in [2.45, 2.75) is 33.6 Å². The summed E-state index contributed by atoms with van der Waals surface area (Å²) >= 11 is 0. The van der Waals surface area contributed by atoms with Gasteiger partial charge in [0.15, 0.2) is 0 Å². The molecule has 0 heterocycles. The quantitative estimate of drug-likeness (QED) is 0.554. The Kier molecular flexibility index (Phi) is 5.73. The van der Waals surface area contributed by atoms with Gasteiger partial charge in [-0.05, 0) is 18.9 Å². The van der Waals surface area contributed by atoms with E-state index < -0.39 is 10.7 Å². The van der Waals surface area contributed by atoms with Crippen molar-refractivity contribution < 1.29 is 9.31 Å². The van der Waals surface area contributed by atoms with E-state index in [9.17, 15) is 14.5 Å². The fourth-order valence-corrected chi connectivity index (χ4v) is 2.12. The highest BCUT2D eigenvalue weighted by atomic mass is 19.1. The standard InChI is InChI=1S/C14H21FN2O2/c1-4-11(5-2)10-16(6-3)13-7-12(15)8-14(9-13)17(18)19/h7-9,11H,4-6,10H2,1-3H3. The zero-order valence-electron chi connectivity index (χ0n) is 11.7. The van der Waals surface area contributed by atoms with Crippen LogP contribution in [0.2, 0.25) is 0 Å². The van der Waals surface area contributed by atoms with Crippen molar-refractivity contribution in [1.82, 2.24) is 0 Å². The van der Waals surface area contributed by atoms with Crippen molar-refractivity contribution in [3.05, 3.63) is 34.1 Å². The molecule has 0 spiro atoms. The molecule has 19 heavy (non-hydrogen) atoms. The third kappa shape index (κ3) is 4.19. The minimum absolute atomic E-state index is 0.196. The molecule has 0 aromatic heterocycles. The summed E-state index contributed by atoms with van der Waals surface area (Å²) in [6.07, 6.45) is 2.09. The maximum Gasteiger partial charge on any atom is 0.274 e. The van der Waals surface area contributed by atoms with Crippen LogP contribution in [-0.4, -0.2) is 18.0 Å². The molecule has 0 fully saturated rings. The Morgan fingerprint density at radius 3 is 2.37 bits per heavy atom. The largest absolute Gasteiger partial charge is 0.371 e. The minimum Gasteiger partial charge on any atom is -0.371 e. The van der Waals surface area contributed by atoms with Gasteiger partial charge in [0.05, 0.1) is 11.0 Å². The zero-order valence-corrected chi connectivity index (χ0v) is 11.7. The Bertz CT molecular complexity index is 433. The van der Waals surface area contributed by atoms with E-state index in [0.717, 1.165) is 25.5 Å². The first-order valence-corrected chi connectivity index (χ1v) is 6.71. The summed E-state index contributed by atoms with van der Waals surface area (Å²) in [6, 6.07) is 3.75. The van der Waals surface area contributed by atoms with Crippen LogP contribution in [-0.2, 0) is 0 Å². The van der Waals surface area contributed by atoms with Gasteiger partial charge in [-0.1, -0.05) is 26.7 Å². The van der Waals surface area contributed by atoms with Gasteiger partial charge in [-0.2, -0.15) is 0 Å². The highest BCUT2D eigenvalue weighted by Crippen LogP contribution is 2.25. The molecular formula is C14H21FN2O2. The number of halogens is 1. The lowest BCUT2D eigenvalue weighted by Crippen LogP contribution is -2.29. The van der Waals surface area contributed by atoms with Crippen LogP contribution in [0, 0.1) is 21.8 Å². The summed E-state index contributed by atoms with van der Waals surface area (Å²) in [7, 11) is 0. The molecule has 0 aliphatic heterocycles. The molecule has 0 unspecified atom stereocenters. The Morgan fingerprint density at radius 1 is 1.26 bits per heavy atom. The van der Waals surface area contributed by atoms with Crippen LogP contribution in [0.1, 0.15) is 33.6 Å². The molecule has 106 valence electrons. The second-order valence-corrected chi connectivity index (χ2v) is 4.65. The fraction of sp³-hybridized carbons (Fsp3) is 0.571. The van der Waals surface area contributed by atoms with Gasteiger partial charge >= 0.3 is 0 Å². The molecule has 0 amide bonds. The summed E-state index contributed by atoms with van der Waals surface area (Å²) in [6.45, 7) is 7.71. The van der Waals surface area contributed by atoms with E-state index in [1.54, 1.807) is 0 Å². The predicted molar refractivity (Wildman–Crippen MR) is 75.0 cm³/mol. The van der Waals surface area contributed by atoms with E-state index >= 15 is 0 Å². The minimum atomic E-state index is -0.563. The Balaban J connectivity index is 3.00. The molecule has 0 radical (unpaired) electrons. The molecule has 4 nitrogen and oxygen atoms in total. The van der Waals surface area contributed by atoms with Crippen molar-refractivity contribution in [2.24, 2.45) is 5.92 Å². The fourth-order valence-electron chi connectivity index (χ4n) is 2.12. The van der Waals surface area contributed by atoms with E-state index in [-0.39, 0.29) is 5.69 Å². The van der Waals surface area contributed by atoms with Crippen LogP contribution in [0.4, 0.5) is 15.8 Å². The normalized spacial score (nSPS) is 10.8. The second kappa shape index (κ2) is 7.07. The van der Waals surface area contributed by atoms with Crippen LogP contribution < -0.4 is 4.90 Å². The summed E-state index contributed by atoms with van der Waals surface area (Å²) in [5.41, 5.74) is 0.388. The van der Waals surface area contributed by atoms with Crippen LogP contribution in [0.15, 0.2) is 18.2 Å². The number of nitro benzene ring substituents is 1. The molecule has 0 saturated carbocycles. The van der Waals surface area contributed by atoms with Crippen LogP contribution >= 0.6 is 0 Å². The summed E-state index contributed by atoms with van der Waals surface area (Å²) in [5.74, 6) is -0.0468. The maximum atomic E-state index is 13.5. The first kappa shape index (κ1) is 15.4. The predicted octanol–water partition coefficient (Wildman–Crippen LogP) is 4.00. The number of hydrogen-bond donors (Lipinski definition) is 0. The molecule has 0 aliphatic rings. The van der Waals surface area contributed by atoms with Crippen molar-refractivity contribution in [1.29, 1.82) is 0 Å². The van der Waals surface area contributed by atoms with Gasteiger partial charge in [0.1, 0.15) is 5.82 Å². The highest BCUT2D eigenvalue weighted by molar-refractivity contribution is 5.53. The summed E-state index contributed by atoms with van der Waals surface area (Å²) in [4.78, 5) is 12.2. The summed E-state index contributed by atoms with van der Waals surface area (Å²) < 4.78 is 13.5. The third-order valence-corrected chi connectivity index (χ3v) is 3.46. The smallest absolute Gasteiger partial charge is 0.274 e. The maximum absolute atomic E-state index is 13.5. The number of non-ortho nitro benzene ring substituents is 1. The number of hydrogen-bond acceptors (Lipinski definition) is 3. The summed E-state index contributed by atoms with van der Waals surface area (Å²) in [5, 5.41) is 10.8. The van der Waals surface area contributed by atoms with E-state index in [0.29, 0.717) is 18.2 Å². The van der Waals surface area contributed by atoms with Gasteiger partial charge in [-0.15, -0.1) is 0 Å². The molecule has 0 atom stereocenters. The van der Waals surface area contributed by atoms with Gasteiger partial charge in [0.25, 0.3) is 5.69 Å². The van der Waals surface area contributed by atoms with E-state index in [1.807, 2.05) is 11.8 Å². The van der Waals surface area contributed by atoms with Gasteiger partial charge in [-0.3, -0.25) is 10.1 Å². The van der Waals surface area contributed by atoms with Gasteiger partial charge in [-0.25, -0.2) is 4.39 Å². The lowest BCUT2D eigenvalue weighted by atomic mass is 10.0. The van der Waals surface area contributed by atoms with Crippen molar-refractivity contribution in [3.63, 3.8) is 0 Å². The molecule has 0 saturated heterocycles. The van der Waals surface area contributed by atoms with Crippen molar-refractivity contribution in [2.75, 3.05) is 18.0 Å². The first-order valence-electron chi connectivity index (χ1n) is 6.71. The number of benzene rings is 1. The second-order valence-electron chi connectivity index (χ2n) is 4.65.